The molecule has 1 heterocycles. The number of anilines is 1. The number of halogens is 3. The first-order valence-corrected chi connectivity index (χ1v) is 5.50. The SMILES string of the molecule is O=C(O)C1CC(=O)N(c2ccccc2C(F)(F)F)C1. The van der Waals surface area contributed by atoms with Crippen LogP contribution in [-0.2, 0) is 15.8 Å². The number of aliphatic carboxylic acids is 1. The highest BCUT2D eigenvalue weighted by Crippen LogP contribution is 2.38. The molecule has 1 saturated heterocycles. The lowest BCUT2D eigenvalue weighted by molar-refractivity contribution is -0.141. The lowest BCUT2D eigenvalue weighted by atomic mass is 10.1. The molecule has 1 amide bonds. The first-order valence-electron chi connectivity index (χ1n) is 5.50. The maximum Gasteiger partial charge on any atom is 0.418 e. The summed E-state index contributed by atoms with van der Waals surface area (Å²) in [5, 5.41) is 8.82. The molecular weight excluding hydrogens is 263 g/mol. The van der Waals surface area contributed by atoms with E-state index in [-0.39, 0.29) is 18.7 Å². The van der Waals surface area contributed by atoms with E-state index in [1.165, 1.54) is 18.2 Å². The molecule has 1 aliphatic rings. The van der Waals surface area contributed by atoms with Crippen LogP contribution in [0, 0.1) is 5.92 Å². The van der Waals surface area contributed by atoms with Gasteiger partial charge in [-0.25, -0.2) is 0 Å². The van der Waals surface area contributed by atoms with Crippen molar-refractivity contribution in [1.82, 2.24) is 0 Å². The summed E-state index contributed by atoms with van der Waals surface area (Å²) in [6.07, 6.45) is -4.86. The van der Waals surface area contributed by atoms with E-state index in [1.807, 2.05) is 0 Å². The minimum absolute atomic E-state index is 0.235. The van der Waals surface area contributed by atoms with E-state index < -0.39 is 29.5 Å². The van der Waals surface area contributed by atoms with Crippen molar-refractivity contribution >= 4 is 17.6 Å². The predicted molar refractivity (Wildman–Crippen MR) is 59.5 cm³/mol. The molecule has 0 bridgehead atoms. The van der Waals surface area contributed by atoms with E-state index in [1.54, 1.807) is 0 Å². The van der Waals surface area contributed by atoms with Crippen molar-refractivity contribution in [2.75, 3.05) is 11.4 Å². The van der Waals surface area contributed by atoms with Crippen molar-refractivity contribution in [2.24, 2.45) is 5.92 Å². The van der Waals surface area contributed by atoms with E-state index in [2.05, 4.69) is 0 Å². The molecule has 1 atom stereocenters. The van der Waals surface area contributed by atoms with Gasteiger partial charge in [0.15, 0.2) is 0 Å². The predicted octanol–water partition coefficient (Wildman–Crippen LogP) is 2.14. The number of amides is 1. The minimum atomic E-state index is -4.59. The van der Waals surface area contributed by atoms with Gasteiger partial charge in [0.25, 0.3) is 0 Å². The Balaban J connectivity index is 2.38. The monoisotopic (exact) mass is 273 g/mol. The molecule has 19 heavy (non-hydrogen) atoms. The number of nitrogens with zero attached hydrogens (tertiary/aromatic N) is 1. The number of rotatable bonds is 2. The van der Waals surface area contributed by atoms with Crippen molar-refractivity contribution < 1.29 is 27.9 Å². The first-order chi connectivity index (χ1) is 8.80. The van der Waals surface area contributed by atoms with Crippen molar-refractivity contribution in [3.63, 3.8) is 0 Å². The number of para-hydroxylation sites is 1. The Morgan fingerprint density at radius 3 is 2.47 bits per heavy atom. The number of carbonyl (C=O) groups is 2. The van der Waals surface area contributed by atoms with Gasteiger partial charge in [-0.15, -0.1) is 0 Å². The van der Waals surface area contributed by atoms with Crippen molar-refractivity contribution in [3.8, 4) is 0 Å². The third-order valence-electron chi connectivity index (χ3n) is 2.97. The molecule has 1 N–H and O–H groups in total. The van der Waals surface area contributed by atoms with Crippen molar-refractivity contribution in [1.29, 1.82) is 0 Å². The van der Waals surface area contributed by atoms with Gasteiger partial charge in [0.1, 0.15) is 0 Å². The van der Waals surface area contributed by atoms with E-state index in [9.17, 15) is 22.8 Å². The second kappa shape index (κ2) is 4.56. The average molecular weight is 273 g/mol. The fourth-order valence-electron chi connectivity index (χ4n) is 2.05. The Morgan fingerprint density at radius 1 is 1.32 bits per heavy atom. The maximum atomic E-state index is 12.8. The molecule has 0 aromatic heterocycles. The highest BCUT2D eigenvalue weighted by molar-refractivity contribution is 5.99. The molecule has 1 aromatic rings. The van der Waals surface area contributed by atoms with E-state index in [0.717, 1.165) is 11.0 Å². The van der Waals surface area contributed by atoms with E-state index in [0.29, 0.717) is 0 Å². The molecule has 0 spiro atoms. The summed E-state index contributed by atoms with van der Waals surface area (Å²) in [6, 6.07) is 4.65. The van der Waals surface area contributed by atoms with Crippen LogP contribution in [0.25, 0.3) is 0 Å². The highest BCUT2D eigenvalue weighted by atomic mass is 19.4. The van der Waals surface area contributed by atoms with Gasteiger partial charge in [-0.2, -0.15) is 13.2 Å². The Labute approximate surface area is 106 Å². The molecule has 1 aromatic carbocycles. The van der Waals surface area contributed by atoms with Gasteiger partial charge in [-0.1, -0.05) is 12.1 Å². The van der Waals surface area contributed by atoms with Crippen molar-refractivity contribution in [3.05, 3.63) is 29.8 Å². The topological polar surface area (TPSA) is 57.6 Å². The van der Waals surface area contributed by atoms with Crippen LogP contribution in [0.5, 0.6) is 0 Å². The van der Waals surface area contributed by atoms with E-state index in [4.69, 9.17) is 5.11 Å². The molecule has 102 valence electrons. The van der Waals surface area contributed by atoms with Gasteiger partial charge in [-0.05, 0) is 12.1 Å². The number of carbonyl (C=O) groups excluding carboxylic acids is 1. The minimum Gasteiger partial charge on any atom is -0.481 e. The Morgan fingerprint density at radius 2 is 1.95 bits per heavy atom. The smallest absolute Gasteiger partial charge is 0.418 e. The van der Waals surface area contributed by atoms with E-state index >= 15 is 0 Å². The number of hydrogen-bond acceptors (Lipinski definition) is 2. The molecule has 0 aliphatic carbocycles. The number of carboxylic acids is 1. The van der Waals surface area contributed by atoms with Crippen LogP contribution in [0.3, 0.4) is 0 Å². The summed E-state index contributed by atoms with van der Waals surface area (Å²) in [7, 11) is 0. The Kier molecular flexibility index (Phi) is 3.21. The Hall–Kier alpha value is -2.05. The lowest BCUT2D eigenvalue weighted by Crippen LogP contribution is -2.28. The van der Waals surface area contributed by atoms with Crippen LogP contribution in [0.1, 0.15) is 12.0 Å². The standard InChI is InChI=1S/C12H10F3NO3/c13-12(14,15)8-3-1-2-4-9(8)16-6-7(11(18)19)5-10(16)17/h1-4,7H,5-6H2,(H,18,19). The first kappa shape index (κ1) is 13.4. The summed E-state index contributed by atoms with van der Waals surface area (Å²) >= 11 is 0. The van der Waals surface area contributed by atoms with Crippen LogP contribution >= 0.6 is 0 Å². The average Bonchev–Trinajstić information content (AvgIpc) is 2.70. The lowest BCUT2D eigenvalue weighted by Gasteiger charge is -2.21. The van der Waals surface area contributed by atoms with Crippen LogP contribution in [0.15, 0.2) is 24.3 Å². The number of carboxylic acid groups (broad SMARTS) is 1. The molecule has 1 fully saturated rings. The summed E-state index contributed by atoms with van der Waals surface area (Å²) < 4.78 is 38.5. The molecule has 1 unspecified atom stereocenters. The zero-order valence-electron chi connectivity index (χ0n) is 9.65. The van der Waals surface area contributed by atoms with Gasteiger partial charge >= 0.3 is 12.1 Å². The fraction of sp³-hybridized carbons (Fsp3) is 0.333. The zero-order valence-corrected chi connectivity index (χ0v) is 9.65. The molecule has 7 heteroatoms. The zero-order chi connectivity index (χ0) is 14.2. The second-order valence-electron chi connectivity index (χ2n) is 4.26. The summed E-state index contributed by atoms with van der Waals surface area (Å²) in [4.78, 5) is 23.4. The fourth-order valence-corrected chi connectivity index (χ4v) is 2.05. The van der Waals surface area contributed by atoms with Gasteiger partial charge in [0.2, 0.25) is 5.91 Å². The van der Waals surface area contributed by atoms with Gasteiger partial charge < -0.3 is 10.0 Å². The quantitative estimate of drug-likeness (QED) is 0.898. The summed E-state index contributed by atoms with van der Waals surface area (Å²) in [5.74, 6) is -2.75. The summed E-state index contributed by atoms with van der Waals surface area (Å²) in [5.41, 5.74) is -1.22. The largest absolute Gasteiger partial charge is 0.481 e. The van der Waals surface area contributed by atoms with Gasteiger partial charge in [0, 0.05) is 13.0 Å². The highest BCUT2D eigenvalue weighted by Gasteiger charge is 2.40. The molecule has 2 rings (SSSR count). The number of benzene rings is 1. The molecule has 4 nitrogen and oxygen atoms in total. The third-order valence-corrected chi connectivity index (χ3v) is 2.97. The maximum absolute atomic E-state index is 12.8. The second-order valence-corrected chi connectivity index (χ2v) is 4.26. The van der Waals surface area contributed by atoms with Crippen LogP contribution < -0.4 is 4.90 Å². The third kappa shape index (κ3) is 2.54. The van der Waals surface area contributed by atoms with Crippen LogP contribution in [0.2, 0.25) is 0 Å². The van der Waals surface area contributed by atoms with Gasteiger partial charge in [-0.3, -0.25) is 9.59 Å². The van der Waals surface area contributed by atoms with Crippen molar-refractivity contribution in [2.45, 2.75) is 12.6 Å². The van der Waals surface area contributed by atoms with Crippen LogP contribution in [0.4, 0.5) is 18.9 Å². The molecule has 0 saturated carbocycles. The van der Waals surface area contributed by atoms with Crippen LogP contribution in [-0.4, -0.2) is 23.5 Å². The Bertz CT molecular complexity index is 527. The molecule has 1 aliphatic heterocycles. The molecular formula is C12H10F3NO3. The molecule has 0 radical (unpaired) electrons. The number of hydrogen-bond donors (Lipinski definition) is 1. The number of alkyl halides is 3. The normalized spacial score (nSPS) is 19.8. The summed E-state index contributed by atoms with van der Waals surface area (Å²) in [6.45, 7) is -0.235. The van der Waals surface area contributed by atoms with Gasteiger partial charge in [0.05, 0.1) is 17.2 Å².